The maximum atomic E-state index is 3.76. The summed E-state index contributed by atoms with van der Waals surface area (Å²) in [5.41, 5.74) is 5.81. The summed E-state index contributed by atoms with van der Waals surface area (Å²) >= 11 is 7.52. The van der Waals surface area contributed by atoms with Gasteiger partial charge in [0.1, 0.15) is 0 Å². The van der Waals surface area contributed by atoms with Crippen LogP contribution in [-0.4, -0.2) is 10.7 Å². The Balaban J connectivity index is 2.27. The van der Waals surface area contributed by atoms with Gasteiger partial charge in [-0.3, -0.25) is 0 Å². The third-order valence-corrected chi connectivity index (χ3v) is 6.44. The molecule has 0 radical (unpaired) electrons. The van der Waals surface area contributed by atoms with Gasteiger partial charge in [0.25, 0.3) is 0 Å². The van der Waals surface area contributed by atoms with Crippen LogP contribution in [0.25, 0.3) is 0 Å². The van der Waals surface area contributed by atoms with E-state index >= 15 is 0 Å². The van der Waals surface area contributed by atoms with Gasteiger partial charge in [-0.2, -0.15) is 0 Å². The van der Waals surface area contributed by atoms with E-state index in [-0.39, 0.29) is 5.41 Å². The molecule has 2 aromatic rings. The zero-order valence-electron chi connectivity index (χ0n) is 12.7. The highest BCUT2D eigenvalue weighted by atomic mass is 79.9. The molecular weight excluding hydrogens is 388 g/mol. The topological polar surface area (TPSA) is 0 Å². The average Bonchev–Trinajstić information content (AvgIpc) is 2.51. The lowest BCUT2D eigenvalue weighted by molar-refractivity contribution is 0.385. The summed E-state index contributed by atoms with van der Waals surface area (Å²) in [4.78, 5) is 0. The highest BCUT2D eigenvalue weighted by Gasteiger charge is 2.29. The molecule has 21 heavy (non-hydrogen) atoms. The quantitative estimate of drug-likeness (QED) is 0.523. The molecule has 0 aliphatic rings. The minimum atomic E-state index is 0.208. The van der Waals surface area contributed by atoms with Gasteiger partial charge >= 0.3 is 0 Å². The van der Waals surface area contributed by atoms with Crippen LogP contribution in [-0.2, 0) is 12.8 Å². The van der Waals surface area contributed by atoms with E-state index in [0.717, 1.165) is 23.5 Å². The molecule has 0 saturated heterocycles. The van der Waals surface area contributed by atoms with Crippen LogP contribution < -0.4 is 0 Å². The van der Waals surface area contributed by atoms with Gasteiger partial charge in [0.2, 0.25) is 0 Å². The Morgan fingerprint density at radius 2 is 1.52 bits per heavy atom. The van der Waals surface area contributed by atoms with E-state index in [9.17, 15) is 0 Å². The minimum Gasteiger partial charge on any atom is -0.0921 e. The monoisotopic (exact) mass is 408 g/mol. The van der Waals surface area contributed by atoms with Gasteiger partial charge in [-0.1, -0.05) is 86.0 Å². The Kier molecular flexibility index (Phi) is 6.07. The van der Waals surface area contributed by atoms with Crippen molar-refractivity contribution in [1.29, 1.82) is 0 Å². The molecule has 0 fully saturated rings. The largest absolute Gasteiger partial charge is 0.0921 e. The molecule has 0 nitrogen and oxygen atoms in total. The molecule has 0 heterocycles. The molecule has 112 valence electrons. The van der Waals surface area contributed by atoms with Crippen molar-refractivity contribution in [2.45, 2.75) is 26.7 Å². The van der Waals surface area contributed by atoms with Gasteiger partial charge in [-0.25, -0.2) is 0 Å². The van der Waals surface area contributed by atoms with Gasteiger partial charge in [0.15, 0.2) is 0 Å². The van der Waals surface area contributed by atoms with E-state index in [1.807, 2.05) is 0 Å². The highest BCUT2D eigenvalue weighted by molar-refractivity contribution is 9.09. The Bertz CT molecular complexity index is 571. The molecule has 0 saturated carbocycles. The molecule has 0 aliphatic heterocycles. The molecular formula is C19H22Br2. The number of hydrogen-bond donors (Lipinski definition) is 0. The van der Waals surface area contributed by atoms with Crippen LogP contribution in [0.5, 0.6) is 0 Å². The fourth-order valence-corrected chi connectivity index (χ4v) is 4.43. The second-order valence-corrected chi connectivity index (χ2v) is 7.16. The maximum Gasteiger partial charge on any atom is 0.0102 e. The van der Waals surface area contributed by atoms with Gasteiger partial charge in [-0.05, 0) is 48.8 Å². The molecule has 0 aliphatic carbocycles. The van der Waals surface area contributed by atoms with E-state index in [4.69, 9.17) is 0 Å². The molecule has 0 amide bonds. The van der Waals surface area contributed by atoms with Gasteiger partial charge in [-0.15, -0.1) is 0 Å². The molecule has 0 unspecified atom stereocenters. The normalized spacial score (nSPS) is 11.6. The summed E-state index contributed by atoms with van der Waals surface area (Å²) in [6, 6.07) is 17.5. The van der Waals surface area contributed by atoms with E-state index in [2.05, 4.69) is 94.2 Å². The lowest BCUT2D eigenvalue weighted by Crippen LogP contribution is -2.30. The maximum absolute atomic E-state index is 3.76. The van der Waals surface area contributed by atoms with Crippen LogP contribution in [0.4, 0.5) is 0 Å². The minimum absolute atomic E-state index is 0.208. The van der Waals surface area contributed by atoms with Crippen molar-refractivity contribution in [2.24, 2.45) is 5.41 Å². The summed E-state index contributed by atoms with van der Waals surface area (Å²) in [5, 5.41) is 1.99. The molecule has 0 atom stereocenters. The number of benzene rings is 2. The van der Waals surface area contributed by atoms with Crippen LogP contribution in [0.1, 0.15) is 22.3 Å². The second kappa shape index (κ2) is 7.60. The first-order chi connectivity index (χ1) is 10.1. The van der Waals surface area contributed by atoms with Crippen molar-refractivity contribution >= 4 is 31.9 Å². The first-order valence-corrected chi connectivity index (χ1v) is 9.55. The summed E-state index contributed by atoms with van der Waals surface area (Å²) in [7, 11) is 0. The average molecular weight is 410 g/mol. The van der Waals surface area contributed by atoms with Gasteiger partial charge in [0.05, 0.1) is 0 Å². The predicted octanol–water partition coefficient (Wildman–Crippen LogP) is 5.86. The number of alkyl halides is 2. The third kappa shape index (κ3) is 4.43. The van der Waals surface area contributed by atoms with Gasteiger partial charge in [0, 0.05) is 10.7 Å². The number of halogens is 2. The van der Waals surface area contributed by atoms with E-state index in [1.165, 1.54) is 22.3 Å². The van der Waals surface area contributed by atoms with Crippen LogP contribution in [0.3, 0.4) is 0 Å². The lowest BCUT2D eigenvalue weighted by atomic mass is 9.79. The van der Waals surface area contributed by atoms with Crippen molar-refractivity contribution in [2.75, 3.05) is 10.7 Å². The molecule has 0 N–H and O–H groups in total. The lowest BCUT2D eigenvalue weighted by Gasteiger charge is -2.31. The summed E-state index contributed by atoms with van der Waals surface area (Å²) in [6.07, 6.45) is 2.17. The zero-order chi connectivity index (χ0) is 15.3. The van der Waals surface area contributed by atoms with Crippen LogP contribution in [0, 0.1) is 19.3 Å². The Morgan fingerprint density at radius 3 is 2.14 bits per heavy atom. The molecule has 2 rings (SSSR count). The fourth-order valence-electron chi connectivity index (χ4n) is 2.71. The van der Waals surface area contributed by atoms with Crippen molar-refractivity contribution in [3.8, 4) is 0 Å². The fraction of sp³-hybridized carbons (Fsp3) is 0.368. The van der Waals surface area contributed by atoms with Gasteiger partial charge < -0.3 is 0 Å². The molecule has 0 bridgehead atoms. The summed E-state index contributed by atoms with van der Waals surface area (Å²) in [5.74, 6) is 0. The predicted molar refractivity (Wildman–Crippen MR) is 99.8 cm³/mol. The van der Waals surface area contributed by atoms with Crippen molar-refractivity contribution in [3.63, 3.8) is 0 Å². The van der Waals surface area contributed by atoms with E-state index in [0.29, 0.717) is 0 Å². The van der Waals surface area contributed by atoms with Crippen molar-refractivity contribution < 1.29 is 0 Å². The number of hydrogen-bond acceptors (Lipinski definition) is 0. The SMILES string of the molecule is Cc1ccc(C)c(CC(CBr)(CBr)Cc2ccccc2)c1. The summed E-state index contributed by atoms with van der Waals surface area (Å²) in [6.45, 7) is 4.38. The van der Waals surface area contributed by atoms with Crippen molar-refractivity contribution in [1.82, 2.24) is 0 Å². The van der Waals surface area contributed by atoms with Crippen LogP contribution in [0.15, 0.2) is 48.5 Å². The van der Waals surface area contributed by atoms with Crippen molar-refractivity contribution in [3.05, 3.63) is 70.8 Å². The second-order valence-electron chi connectivity index (χ2n) is 6.04. The van der Waals surface area contributed by atoms with Crippen LogP contribution >= 0.6 is 31.9 Å². The Hall–Kier alpha value is -0.600. The van der Waals surface area contributed by atoms with Crippen LogP contribution in [0.2, 0.25) is 0 Å². The Labute approximate surface area is 145 Å². The number of aryl methyl sites for hydroxylation is 2. The highest BCUT2D eigenvalue weighted by Crippen LogP contribution is 2.33. The summed E-state index contributed by atoms with van der Waals surface area (Å²) < 4.78 is 0. The number of rotatable bonds is 6. The first-order valence-electron chi connectivity index (χ1n) is 7.30. The molecule has 0 spiro atoms. The standard InChI is InChI=1S/C19H22Br2/c1-15-8-9-16(2)18(10-15)12-19(13-20,14-21)11-17-6-4-3-5-7-17/h3-10H,11-14H2,1-2H3. The molecule has 2 heteroatoms. The Morgan fingerprint density at radius 1 is 0.857 bits per heavy atom. The smallest absolute Gasteiger partial charge is 0.0102 e. The molecule has 0 aromatic heterocycles. The zero-order valence-corrected chi connectivity index (χ0v) is 15.9. The first kappa shape index (κ1) is 16.8. The molecule has 2 aromatic carbocycles. The van der Waals surface area contributed by atoms with E-state index < -0.39 is 0 Å². The third-order valence-electron chi connectivity index (χ3n) is 4.06. The van der Waals surface area contributed by atoms with E-state index in [1.54, 1.807) is 0 Å².